The maximum Gasteiger partial charge on any atom is 0.149 e. The van der Waals surface area contributed by atoms with E-state index >= 15 is 0 Å². The Hall–Kier alpha value is -2.71. The Labute approximate surface area is 142 Å². The van der Waals surface area contributed by atoms with Crippen molar-refractivity contribution in [3.05, 3.63) is 59.4 Å². The summed E-state index contributed by atoms with van der Waals surface area (Å²) in [4.78, 5) is 2.19. The quantitative estimate of drug-likeness (QED) is 0.759. The van der Waals surface area contributed by atoms with Crippen LogP contribution in [0.5, 0.6) is 0 Å². The fourth-order valence-corrected chi connectivity index (χ4v) is 3.15. The van der Waals surface area contributed by atoms with Gasteiger partial charge in [0, 0.05) is 23.9 Å². The van der Waals surface area contributed by atoms with Gasteiger partial charge < -0.3 is 10.6 Å². The van der Waals surface area contributed by atoms with Gasteiger partial charge in [0.05, 0.1) is 5.57 Å². The molecule has 0 spiro atoms. The van der Waals surface area contributed by atoms with Crippen molar-refractivity contribution in [1.29, 1.82) is 0 Å². The predicted molar refractivity (Wildman–Crippen MR) is 95.0 cm³/mol. The summed E-state index contributed by atoms with van der Waals surface area (Å²) in [6, 6.07) is 12.4. The highest BCUT2D eigenvalue weighted by Gasteiger charge is 2.31. The Bertz CT molecular complexity index is 782. The van der Waals surface area contributed by atoms with Crippen molar-refractivity contribution < 1.29 is 0 Å². The van der Waals surface area contributed by atoms with Crippen LogP contribution in [0.4, 0.5) is 5.82 Å². The zero-order valence-electron chi connectivity index (χ0n) is 13.7. The van der Waals surface area contributed by atoms with E-state index in [1.165, 1.54) is 24.1 Å². The third-order valence-electron chi connectivity index (χ3n) is 4.69. The molecule has 0 saturated heterocycles. The van der Waals surface area contributed by atoms with Crippen LogP contribution in [0, 0.1) is 12.3 Å². The van der Waals surface area contributed by atoms with E-state index in [0.717, 1.165) is 11.4 Å². The lowest BCUT2D eigenvalue weighted by Crippen LogP contribution is -2.49. The molecule has 2 heterocycles. The molecule has 1 fully saturated rings. The molecule has 2 aliphatic rings. The first-order chi connectivity index (χ1) is 11.8. The number of hydrogen-bond acceptors (Lipinski definition) is 4. The van der Waals surface area contributed by atoms with Gasteiger partial charge in [-0.15, -0.1) is 6.42 Å². The Morgan fingerprint density at radius 3 is 2.79 bits per heavy atom. The van der Waals surface area contributed by atoms with Gasteiger partial charge in [-0.25, -0.2) is 0 Å². The number of aromatic nitrogens is 2. The van der Waals surface area contributed by atoms with Crippen LogP contribution >= 0.6 is 0 Å². The average Bonchev–Trinajstić information content (AvgIpc) is 3.37. The Kier molecular flexibility index (Phi) is 3.75. The fraction of sp³-hybridized carbons (Fsp3) is 0.316. The van der Waals surface area contributed by atoms with Crippen molar-refractivity contribution in [2.24, 2.45) is 0 Å². The number of nitrogens with one attached hydrogen (secondary N) is 3. The number of terminal acetylenes is 1. The van der Waals surface area contributed by atoms with Gasteiger partial charge in [-0.1, -0.05) is 36.3 Å². The molecule has 5 heteroatoms. The van der Waals surface area contributed by atoms with E-state index in [4.69, 9.17) is 6.42 Å². The fourth-order valence-electron chi connectivity index (χ4n) is 3.15. The number of benzene rings is 1. The molecule has 122 valence electrons. The van der Waals surface area contributed by atoms with Crippen LogP contribution in [0.2, 0.25) is 0 Å². The third kappa shape index (κ3) is 2.77. The molecule has 1 aliphatic carbocycles. The minimum Gasteiger partial charge on any atom is -0.371 e. The third-order valence-corrected chi connectivity index (χ3v) is 4.69. The first kappa shape index (κ1) is 14.9. The summed E-state index contributed by atoms with van der Waals surface area (Å²) < 4.78 is 0. The van der Waals surface area contributed by atoms with Gasteiger partial charge in [0.25, 0.3) is 0 Å². The van der Waals surface area contributed by atoms with E-state index in [9.17, 15) is 0 Å². The van der Waals surface area contributed by atoms with Crippen LogP contribution in [0.1, 0.15) is 36.2 Å². The monoisotopic (exact) mass is 319 g/mol. The van der Waals surface area contributed by atoms with Crippen molar-refractivity contribution in [2.45, 2.75) is 31.1 Å². The van der Waals surface area contributed by atoms with Crippen molar-refractivity contribution in [2.75, 3.05) is 12.4 Å². The number of aromatic amines is 1. The van der Waals surface area contributed by atoms with Crippen LogP contribution in [0.25, 0.3) is 0 Å². The number of nitrogens with zero attached hydrogens (tertiary/aromatic N) is 2. The van der Waals surface area contributed by atoms with Crippen LogP contribution in [-0.2, 0) is 0 Å². The van der Waals surface area contributed by atoms with Gasteiger partial charge in [-0.05, 0) is 25.5 Å². The summed E-state index contributed by atoms with van der Waals surface area (Å²) >= 11 is 0. The molecule has 3 N–H and O–H groups in total. The minimum absolute atomic E-state index is 0.0580. The van der Waals surface area contributed by atoms with Crippen LogP contribution in [0.15, 0.2) is 48.2 Å². The van der Waals surface area contributed by atoms with Gasteiger partial charge in [0.15, 0.2) is 0 Å². The van der Waals surface area contributed by atoms with Crippen LogP contribution in [0.3, 0.4) is 0 Å². The smallest absolute Gasteiger partial charge is 0.149 e. The van der Waals surface area contributed by atoms with Crippen molar-refractivity contribution >= 4 is 5.82 Å². The summed E-state index contributed by atoms with van der Waals surface area (Å²) in [6.07, 6.45) is 10.1. The molecule has 5 nitrogen and oxygen atoms in total. The summed E-state index contributed by atoms with van der Waals surface area (Å²) in [7, 11) is 2.06. The maximum atomic E-state index is 5.70. The van der Waals surface area contributed by atoms with Crippen LogP contribution in [-0.4, -0.2) is 28.3 Å². The zero-order valence-corrected chi connectivity index (χ0v) is 13.7. The molecule has 0 bridgehead atoms. The highest BCUT2D eigenvalue weighted by molar-refractivity contribution is 5.45. The van der Waals surface area contributed by atoms with E-state index in [2.05, 4.69) is 56.9 Å². The average molecular weight is 319 g/mol. The van der Waals surface area contributed by atoms with Crippen molar-refractivity contribution in [3.63, 3.8) is 0 Å². The van der Waals surface area contributed by atoms with E-state index < -0.39 is 0 Å². The van der Waals surface area contributed by atoms with Gasteiger partial charge in [0.1, 0.15) is 18.1 Å². The van der Waals surface area contributed by atoms with Crippen LogP contribution < -0.4 is 10.6 Å². The molecule has 1 aromatic carbocycles. The topological polar surface area (TPSA) is 56.0 Å². The number of anilines is 1. The minimum atomic E-state index is -0.100. The molecule has 2 aromatic rings. The highest BCUT2D eigenvalue weighted by Crippen LogP contribution is 2.39. The molecule has 2 unspecified atom stereocenters. The molecule has 0 amide bonds. The number of hydrogen-bond donors (Lipinski definition) is 3. The predicted octanol–water partition coefficient (Wildman–Crippen LogP) is 2.78. The molecule has 24 heavy (non-hydrogen) atoms. The molecule has 1 saturated carbocycles. The number of likely N-dealkylation sites (N-methyl/N-ethyl adjacent to an activating group) is 1. The van der Waals surface area contributed by atoms with Gasteiger partial charge in [0.2, 0.25) is 0 Å². The number of H-pyrrole nitrogens is 1. The second-order valence-electron chi connectivity index (χ2n) is 6.42. The lowest BCUT2D eigenvalue weighted by atomic mass is 10.1. The second kappa shape index (κ2) is 6.06. The van der Waals surface area contributed by atoms with Crippen molar-refractivity contribution in [1.82, 2.24) is 20.4 Å². The SMILES string of the molecule is C#CC1=CNC(c2ccccc2)N(C)C1Nc1cc(C2CC2)[nH]n1. The van der Waals surface area contributed by atoms with E-state index in [1.54, 1.807) is 0 Å². The Morgan fingerprint density at radius 2 is 2.08 bits per heavy atom. The summed E-state index contributed by atoms with van der Waals surface area (Å²) in [5.74, 6) is 4.26. The van der Waals surface area contributed by atoms with E-state index in [0.29, 0.717) is 5.92 Å². The standard InChI is InChI=1S/C19H21N5/c1-3-13-12-20-18(15-7-5-4-6-8-15)24(2)19(13)21-17-11-16(22-23-17)14-9-10-14/h1,4-8,11-12,14,18-20H,9-10H2,2H3,(H2,21,22,23). The second-order valence-corrected chi connectivity index (χ2v) is 6.42. The normalized spacial score (nSPS) is 23.9. The number of rotatable bonds is 4. The summed E-state index contributed by atoms with van der Waals surface area (Å²) in [5.41, 5.74) is 3.26. The molecular formula is C19H21N5. The molecule has 2 atom stereocenters. The first-order valence-corrected chi connectivity index (χ1v) is 8.27. The zero-order chi connectivity index (χ0) is 16.5. The Balaban J connectivity index is 1.57. The molecule has 4 rings (SSSR count). The summed E-state index contributed by atoms with van der Waals surface area (Å²) in [5, 5.41) is 14.4. The molecule has 0 radical (unpaired) electrons. The Morgan fingerprint density at radius 1 is 1.29 bits per heavy atom. The lowest BCUT2D eigenvalue weighted by molar-refractivity contribution is 0.180. The van der Waals surface area contributed by atoms with E-state index in [1.807, 2.05) is 24.4 Å². The largest absolute Gasteiger partial charge is 0.371 e. The van der Waals surface area contributed by atoms with Gasteiger partial charge >= 0.3 is 0 Å². The molecule has 1 aromatic heterocycles. The summed E-state index contributed by atoms with van der Waals surface area (Å²) in [6.45, 7) is 0. The maximum absolute atomic E-state index is 5.70. The highest BCUT2D eigenvalue weighted by atomic mass is 15.4. The lowest BCUT2D eigenvalue weighted by Gasteiger charge is -2.39. The van der Waals surface area contributed by atoms with Gasteiger partial charge in [-0.3, -0.25) is 10.00 Å². The van der Waals surface area contributed by atoms with E-state index in [-0.39, 0.29) is 12.3 Å². The first-order valence-electron chi connectivity index (χ1n) is 8.27. The van der Waals surface area contributed by atoms with Gasteiger partial charge in [-0.2, -0.15) is 5.10 Å². The molecular weight excluding hydrogens is 298 g/mol. The molecule has 1 aliphatic heterocycles. The van der Waals surface area contributed by atoms with Crippen molar-refractivity contribution in [3.8, 4) is 12.3 Å².